The van der Waals surface area contributed by atoms with Gasteiger partial charge in [0.25, 0.3) is 0 Å². The zero-order valence-corrected chi connectivity index (χ0v) is 15.8. The van der Waals surface area contributed by atoms with Crippen LogP contribution in [0, 0.1) is 18.3 Å². The normalized spacial score (nSPS) is 10.9. The Balaban J connectivity index is 1.67. The van der Waals surface area contributed by atoms with E-state index in [1.807, 2.05) is 42.6 Å². The smallest absolute Gasteiger partial charge is 0.103 e. The van der Waals surface area contributed by atoms with E-state index in [2.05, 4.69) is 45.4 Å². The molecule has 5 aromatic rings. The number of hydrogen-bond acceptors (Lipinski definition) is 4. The van der Waals surface area contributed by atoms with E-state index in [0.29, 0.717) is 5.56 Å². The van der Waals surface area contributed by atoms with Crippen LogP contribution in [0.3, 0.4) is 0 Å². The van der Waals surface area contributed by atoms with Crippen molar-refractivity contribution in [2.45, 2.75) is 6.92 Å². The molecule has 0 spiro atoms. The standard InChI is InChI=1S/C24H17N5/c1-15-19-8-10-28-23(19)7-6-21(15)29-24-18(12-25)13-26-14-20(24)16-4-5-22-17(11-16)3-2-9-27-22/h2-11,13-14,28H,1H3,(H,26,29). The fourth-order valence-electron chi connectivity index (χ4n) is 3.70. The molecule has 0 saturated heterocycles. The van der Waals surface area contributed by atoms with Crippen LogP contribution in [0.5, 0.6) is 0 Å². The van der Waals surface area contributed by atoms with Gasteiger partial charge >= 0.3 is 0 Å². The molecule has 0 amide bonds. The second-order valence-electron chi connectivity index (χ2n) is 6.93. The molecule has 138 valence electrons. The number of pyridine rings is 2. The first-order valence-corrected chi connectivity index (χ1v) is 9.31. The van der Waals surface area contributed by atoms with Crippen molar-refractivity contribution in [2.75, 3.05) is 5.32 Å². The predicted octanol–water partition coefficient (Wildman–Crippen LogP) is 5.70. The van der Waals surface area contributed by atoms with Gasteiger partial charge in [0.2, 0.25) is 0 Å². The minimum atomic E-state index is 0.502. The molecule has 0 saturated carbocycles. The van der Waals surface area contributed by atoms with Crippen molar-refractivity contribution >= 4 is 33.2 Å². The first-order chi connectivity index (χ1) is 14.2. The van der Waals surface area contributed by atoms with Crippen LogP contribution < -0.4 is 5.32 Å². The van der Waals surface area contributed by atoms with E-state index in [1.165, 1.54) is 0 Å². The lowest BCUT2D eigenvalue weighted by atomic mass is 10.0. The molecule has 5 rings (SSSR count). The number of anilines is 2. The summed E-state index contributed by atoms with van der Waals surface area (Å²) in [5.41, 5.74) is 7.23. The number of fused-ring (bicyclic) bond motifs is 2. The summed E-state index contributed by atoms with van der Waals surface area (Å²) in [6.07, 6.45) is 7.11. The van der Waals surface area contributed by atoms with E-state index in [1.54, 1.807) is 18.6 Å². The molecule has 0 fully saturated rings. The average molecular weight is 375 g/mol. The molecule has 3 heterocycles. The Morgan fingerprint density at radius 2 is 2.00 bits per heavy atom. The molecule has 0 aliphatic rings. The highest BCUT2D eigenvalue weighted by Gasteiger charge is 2.14. The number of hydrogen-bond donors (Lipinski definition) is 2. The van der Waals surface area contributed by atoms with Gasteiger partial charge in [-0.05, 0) is 54.4 Å². The van der Waals surface area contributed by atoms with Crippen LogP contribution in [0.2, 0.25) is 0 Å². The summed E-state index contributed by atoms with van der Waals surface area (Å²) in [7, 11) is 0. The number of aromatic nitrogens is 3. The maximum absolute atomic E-state index is 9.70. The fourth-order valence-corrected chi connectivity index (χ4v) is 3.70. The third kappa shape index (κ3) is 2.88. The minimum absolute atomic E-state index is 0.502. The Morgan fingerprint density at radius 1 is 1.07 bits per heavy atom. The van der Waals surface area contributed by atoms with Crippen molar-refractivity contribution < 1.29 is 0 Å². The molecule has 2 N–H and O–H groups in total. The van der Waals surface area contributed by atoms with Gasteiger partial charge in [0.1, 0.15) is 6.07 Å². The van der Waals surface area contributed by atoms with Gasteiger partial charge in [0.05, 0.1) is 16.8 Å². The van der Waals surface area contributed by atoms with Crippen LogP contribution in [0.1, 0.15) is 11.1 Å². The highest BCUT2D eigenvalue weighted by Crippen LogP contribution is 2.35. The quantitative estimate of drug-likeness (QED) is 0.424. The molecule has 3 aromatic heterocycles. The van der Waals surface area contributed by atoms with Gasteiger partial charge in [-0.25, -0.2) is 0 Å². The van der Waals surface area contributed by atoms with Gasteiger partial charge in [-0.2, -0.15) is 5.26 Å². The third-order valence-electron chi connectivity index (χ3n) is 5.24. The van der Waals surface area contributed by atoms with Gasteiger partial charge < -0.3 is 10.3 Å². The Hall–Kier alpha value is -4.17. The molecule has 29 heavy (non-hydrogen) atoms. The zero-order chi connectivity index (χ0) is 19.8. The number of rotatable bonds is 3. The largest absolute Gasteiger partial charge is 0.361 e. The molecule has 5 heteroatoms. The van der Waals surface area contributed by atoms with Crippen molar-refractivity contribution in [3.63, 3.8) is 0 Å². The Bertz CT molecular complexity index is 1410. The summed E-state index contributed by atoms with van der Waals surface area (Å²) in [4.78, 5) is 11.9. The predicted molar refractivity (Wildman–Crippen MR) is 116 cm³/mol. The summed E-state index contributed by atoms with van der Waals surface area (Å²) < 4.78 is 0. The van der Waals surface area contributed by atoms with Gasteiger partial charge in [0, 0.05) is 52.3 Å². The lowest BCUT2D eigenvalue weighted by Crippen LogP contribution is -2.00. The molecule has 2 aromatic carbocycles. The maximum atomic E-state index is 9.70. The first kappa shape index (κ1) is 17.0. The van der Waals surface area contributed by atoms with E-state index < -0.39 is 0 Å². The minimum Gasteiger partial charge on any atom is -0.361 e. The second kappa shape index (κ2) is 6.77. The summed E-state index contributed by atoms with van der Waals surface area (Å²) in [6.45, 7) is 2.08. The molecule has 5 nitrogen and oxygen atoms in total. The molecule has 0 aliphatic carbocycles. The van der Waals surface area contributed by atoms with Crippen LogP contribution in [0.15, 0.2) is 73.3 Å². The first-order valence-electron chi connectivity index (χ1n) is 9.31. The molecule has 0 aliphatic heterocycles. The molecule has 0 atom stereocenters. The van der Waals surface area contributed by atoms with E-state index in [4.69, 9.17) is 0 Å². The number of nitriles is 1. The topological polar surface area (TPSA) is 77.4 Å². The van der Waals surface area contributed by atoms with Gasteiger partial charge in [-0.3, -0.25) is 9.97 Å². The lowest BCUT2D eigenvalue weighted by molar-refractivity contribution is 1.29. The molecular weight excluding hydrogens is 358 g/mol. The molecule has 0 unspecified atom stereocenters. The van der Waals surface area contributed by atoms with Crippen LogP contribution in [0.25, 0.3) is 32.9 Å². The molecular formula is C24H17N5. The average Bonchev–Trinajstić information content (AvgIpc) is 3.25. The number of nitrogens with zero attached hydrogens (tertiary/aromatic N) is 3. The van der Waals surface area contributed by atoms with Crippen LogP contribution in [0.4, 0.5) is 11.4 Å². The number of H-pyrrole nitrogens is 1. The van der Waals surface area contributed by atoms with E-state index in [9.17, 15) is 5.26 Å². The van der Waals surface area contributed by atoms with Crippen LogP contribution in [-0.4, -0.2) is 15.0 Å². The van der Waals surface area contributed by atoms with Gasteiger partial charge in [-0.1, -0.05) is 12.1 Å². The van der Waals surface area contributed by atoms with Crippen molar-refractivity contribution in [1.82, 2.24) is 15.0 Å². The summed E-state index contributed by atoms with van der Waals surface area (Å²) in [5.74, 6) is 0. The third-order valence-corrected chi connectivity index (χ3v) is 5.24. The number of benzene rings is 2. The molecule has 0 bridgehead atoms. The van der Waals surface area contributed by atoms with Crippen LogP contribution in [-0.2, 0) is 0 Å². The van der Waals surface area contributed by atoms with Gasteiger partial charge in [-0.15, -0.1) is 0 Å². The van der Waals surface area contributed by atoms with Crippen LogP contribution >= 0.6 is 0 Å². The molecule has 0 radical (unpaired) electrons. The summed E-state index contributed by atoms with van der Waals surface area (Å²) >= 11 is 0. The Labute approximate surface area is 167 Å². The number of nitrogens with one attached hydrogen (secondary N) is 2. The number of aromatic amines is 1. The monoisotopic (exact) mass is 375 g/mol. The lowest BCUT2D eigenvalue weighted by Gasteiger charge is -2.16. The highest BCUT2D eigenvalue weighted by atomic mass is 14.9. The second-order valence-corrected chi connectivity index (χ2v) is 6.93. The summed E-state index contributed by atoms with van der Waals surface area (Å²) in [6, 6.07) is 18.4. The Morgan fingerprint density at radius 3 is 2.90 bits per heavy atom. The zero-order valence-electron chi connectivity index (χ0n) is 15.8. The van der Waals surface area contributed by atoms with Crippen molar-refractivity contribution in [3.05, 3.63) is 84.4 Å². The maximum Gasteiger partial charge on any atom is 0.103 e. The SMILES string of the molecule is Cc1c(Nc2c(C#N)cncc2-c2ccc3ncccc3c2)ccc2[nH]ccc12. The fraction of sp³-hybridized carbons (Fsp3) is 0.0417. The highest BCUT2D eigenvalue weighted by molar-refractivity contribution is 5.93. The van der Waals surface area contributed by atoms with Crippen molar-refractivity contribution in [1.29, 1.82) is 5.26 Å². The number of aryl methyl sites for hydroxylation is 1. The van der Waals surface area contributed by atoms with E-state index in [0.717, 1.165) is 49.9 Å². The van der Waals surface area contributed by atoms with Gasteiger partial charge in [0.15, 0.2) is 0 Å². The van der Waals surface area contributed by atoms with Crippen molar-refractivity contribution in [3.8, 4) is 17.2 Å². The summed E-state index contributed by atoms with van der Waals surface area (Å²) in [5, 5.41) is 15.4. The van der Waals surface area contributed by atoms with E-state index in [-0.39, 0.29) is 0 Å². The Kier molecular flexibility index (Phi) is 3.96. The van der Waals surface area contributed by atoms with E-state index >= 15 is 0 Å². The van der Waals surface area contributed by atoms with Crippen molar-refractivity contribution in [2.24, 2.45) is 0 Å².